The van der Waals surface area contributed by atoms with Crippen molar-refractivity contribution in [2.24, 2.45) is 0 Å². The minimum Gasteiger partial charge on any atom is -0.488 e. The molecule has 4 aromatic rings. The Balaban J connectivity index is 1.59. The van der Waals surface area contributed by atoms with Gasteiger partial charge in [0.25, 0.3) is 0 Å². The van der Waals surface area contributed by atoms with Crippen molar-refractivity contribution >= 4 is 10.8 Å². The lowest BCUT2D eigenvalue weighted by Gasteiger charge is -2.18. The fraction of sp³-hybridized carbons (Fsp3) is 0.154. The molecule has 0 aromatic heterocycles. The van der Waals surface area contributed by atoms with E-state index in [0.717, 1.165) is 22.1 Å². The number of hydrogen-bond donors (Lipinski definition) is 1. The van der Waals surface area contributed by atoms with Crippen molar-refractivity contribution in [3.05, 3.63) is 114 Å². The van der Waals surface area contributed by atoms with Gasteiger partial charge in [0.15, 0.2) is 0 Å². The molecule has 1 unspecified atom stereocenters. The van der Waals surface area contributed by atoms with Crippen LogP contribution in [-0.4, -0.2) is 0 Å². The quantitative estimate of drug-likeness (QED) is 0.397. The molecule has 0 aliphatic heterocycles. The summed E-state index contributed by atoms with van der Waals surface area (Å²) in [4.78, 5) is 0. The average Bonchev–Trinajstić information content (AvgIpc) is 2.77. The number of hydrogen-bond acceptors (Lipinski definition) is 2. The Morgan fingerprint density at radius 2 is 1.55 bits per heavy atom. The molecular weight excluding hydrogens is 361 g/mol. The predicted molar refractivity (Wildman–Crippen MR) is 116 cm³/mol. The summed E-state index contributed by atoms with van der Waals surface area (Å²) in [6.45, 7) is 3.01. The Hall–Kier alpha value is -3.17. The van der Waals surface area contributed by atoms with E-state index in [0.29, 0.717) is 12.1 Å². The molecule has 0 aliphatic carbocycles. The molecule has 3 heteroatoms. The molecule has 1 N–H and O–H groups in total. The highest BCUT2D eigenvalue weighted by molar-refractivity contribution is 5.87. The third kappa shape index (κ3) is 4.47. The summed E-state index contributed by atoms with van der Waals surface area (Å²) in [6, 6.07) is 29.6. The second kappa shape index (κ2) is 8.89. The van der Waals surface area contributed by atoms with Gasteiger partial charge >= 0.3 is 0 Å². The van der Waals surface area contributed by atoms with E-state index >= 15 is 0 Å². The highest BCUT2D eigenvalue weighted by Crippen LogP contribution is 2.29. The van der Waals surface area contributed by atoms with Crippen molar-refractivity contribution in [3.63, 3.8) is 0 Å². The number of fused-ring (bicyclic) bond motifs is 1. The minimum absolute atomic E-state index is 0.201. The van der Waals surface area contributed by atoms with Crippen LogP contribution in [0.4, 0.5) is 4.39 Å². The maximum atomic E-state index is 14.0. The zero-order valence-electron chi connectivity index (χ0n) is 16.4. The van der Waals surface area contributed by atoms with Crippen LogP contribution in [0.3, 0.4) is 0 Å². The summed E-state index contributed by atoms with van der Waals surface area (Å²) in [5.41, 5.74) is 2.88. The Bertz CT molecular complexity index is 1090. The normalized spacial score (nSPS) is 12.1. The SMILES string of the molecule is CC(NCc1c(OCc2ccccc2F)ccc2ccccc12)c1ccccc1. The molecule has 0 aliphatic rings. The van der Waals surface area contributed by atoms with Gasteiger partial charge in [0.05, 0.1) is 0 Å². The number of nitrogens with one attached hydrogen (secondary N) is 1. The summed E-state index contributed by atoms with van der Waals surface area (Å²) in [6.07, 6.45) is 0. The van der Waals surface area contributed by atoms with Gasteiger partial charge in [-0.25, -0.2) is 4.39 Å². The van der Waals surface area contributed by atoms with Crippen molar-refractivity contribution < 1.29 is 9.13 Å². The maximum Gasteiger partial charge on any atom is 0.129 e. The van der Waals surface area contributed by atoms with Gasteiger partial charge in [0.2, 0.25) is 0 Å². The van der Waals surface area contributed by atoms with Gasteiger partial charge < -0.3 is 10.1 Å². The Kier molecular flexibility index (Phi) is 5.87. The molecule has 4 aromatic carbocycles. The van der Waals surface area contributed by atoms with Crippen LogP contribution in [0.15, 0.2) is 91.0 Å². The lowest BCUT2D eigenvalue weighted by Crippen LogP contribution is -2.18. The van der Waals surface area contributed by atoms with Gasteiger partial charge in [-0.1, -0.05) is 78.9 Å². The van der Waals surface area contributed by atoms with Crippen molar-refractivity contribution in [1.82, 2.24) is 5.32 Å². The van der Waals surface area contributed by atoms with Crippen LogP contribution in [0.1, 0.15) is 29.7 Å². The van der Waals surface area contributed by atoms with Crippen LogP contribution in [0.2, 0.25) is 0 Å². The molecule has 1 atom stereocenters. The summed E-state index contributed by atoms with van der Waals surface area (Å²) >= 11 is 0. The van der Waals surface area contributed by atoms with Crippen LogP contribution < -0.4 is 10.1 Å². The Labute approximate surface area is 171 Å². The summed E-state index contributed by atoms with van der Waals surface area (Å²) in [5, 5.41) is 5.91. The van der Waals surface area contributed by atoms with E-state index in [9.17, 15) is 4.39 Å². The van der Waals surface area contributed by atoms with E-state index < -0.39 is 0 Å². The molecule has 29 heavy (non-hydrogen) atoms. The van der Waals surface area contributed by atoms with Crippen molar-refractivity contribution in [1.29, 1.82) is 0 Å². The Morgan fingerprint density at radius 3 is 2.38 bits per heavy atom. The molecule has 0 heterocycles. The summed E-state index contributed by atoms with van der Waals surface area (Å²) < 4.78 is 20.1. The lowest BCUT2D eigenvalue weighted by molar-refractivity contribution is 0.296. The maximum absolute atomic E-state index is 14.0. The molecule has 0 spiro atoms. The van der Waals surface area contributed by atoms with Gasteiger partial charge in [-0.15, -0.1) is 0 Å². The van der Waals surface area contributed by atoms with E-state index in [-0.39, 0.29) is 18.5 Å². The van der Waals surface area contributed by atoms with Gasteiger partial charge in [-0.2, -0.15) is 0 Å². The molecule has 0 amide bonds. The fourth-order valence-corrected chi connectivity index (χ4v) is 3.52. The van der Waals surface area contributed by atoms with E-state index in [1.165, 1.54) is 11.6 Å². The first-order valence-electron chi connectivity index (χ1n) is 9.87. The van der Waals surface area contributed by atoms with Crippen LogP contribution >= 0.6 is 0 Å². The first kappa shape index (κ1) is 19.2. The zero-order chi connectivity index (χ0) is 20.1. The fourth-order valence-electron chi connectivity index (χ4n) is 3.52. The minimum atomic E-state index is -0.245. The number of rotatable bonds is 7. The lowest BCUT2D eigenvalue weighted by atomic mass is 10.0. The van der Waals surface area contributed by atoms with E-state index in [1.54, 1.807) is 12.1 Å². The highest BCUT2D eigenvalue weighted by atomic mass is 19.1. The second-order valence-corrected chi connectivity index (χ2v) is 7.16. The molecule has 4 rings (SSSR count). The predicted octanol–water partition coefficient (Wildman–Crippen LogP) is 6.41. The molecule has 2 nitrogen and oxygen atoms in total. The first-order valence-corrected chi connectivity index (χ1v) is 9.87. The van der Waals surface area contributed by atoms with E-state index in [2.05, 4.69) is 42.6 Å². The molecule has 0 saturated heterocycles. The van der Waals surface area contributed by atoms with Crippen LogP contribution in [0, 0.1) is 5.82 Å². The van der Waals surface area contributed by atoms with Gasteiger partial charge in [-0.3, -0.25) is 0 Å². The largest absolute Gasteiger partial charge is 0.488 e. The third-order valence-electron chi connectivity index (χ3n) is 5.22. The standard InChI is InChI=1S/C26H24FNO/c1-19(20-9-3-2-4-10-20)28-17-24-23-13-7-5-11-21(23)15-16-26(24)29-18-22-12-6-8-14-25(22)27/h2-16,19,28H,17-18H2,1H3. The molecule has 0 radical (unpaired) electrons. The van der Waals surface area contributed by atoms with E-state index in [4.69, 9.17) is 4.74 Å². The first-order chi connectivity index (χ1) is 14.2. The third-order valence-corrected chi connectivity index (χ3v) is 5.22. The smallest absolute Gasteiger partial charge is 0.129 e. The number of benzene rings is 4. The van der Waals surface area contributed by atoms with Crippen LogP contribution in [0.25, 0.3) is 10.8 Å². The van der Waals surface area contributed by atoms with Crippen LogP contribution in [-0.2, 0) is 13.2 Å². The molecule has 0 saturated carbocycles. The summed E-state index contributed by atoms with van der Waals surface area (Å²) in [5.74, 6) is 0.533. The van der Waals surface area contributed by atoms with Gasteiger partial charge in [-0.05, 0) is 35.4 Å². The van der Waals surface area contributed by atoms with Gasteiger partial charge in [0.1, 0.15) is 18.2 Å². The summed E-state index contributed by atoms with van der Waals surface area (Å²) in [7, 11) is 0. The Morgan fingerprint density at radius 1 is 0.828 bits per heavy atom. The zero-order valence-corrected chi connectivity index (χ0v) is 16.4. The molecular formula is C26H24FNO. The monoisotopic (exact) mass is 385 g/mol. The van der Waals surface area contributed by atoms with Crippen molar-refractivity contribution in [2.45, 2.75) is 26.1 Å². The van der Waals surface area contributed by atoms with Gasteiger partial charge in [0, 0.05) is 23.7 Å². The average molecular weight is 385 g/mol. The molecule has 146 valence electrons. The van der Waals surface area contributed by atoms with E-state index in [1.807, 2.05) is 42.5 Å². The molecule has 0 fully saturated rings. The molecule has 0 bridgehead atoms. The highest BCUT2D eigenvalue weighted by Gasteiger charge is 2.12. The van der Waals surface area contributed by atoms with Crippen molar-refractivity contribution in [2.75, 3.05) is 0 Å². The second-order valence-electron chi connectivity index (χ2n) is 7.16. The number of ether oxygens (including phenoxy) is 1. The topological polar surface area (TPSA) is 21.3 Å². The number of halogens is 1. The van der Waals surface area contributed by atoms with Crippen molar-refractivity contribution in [3.8, 4) is 5.75 Å². The van der Waals surface area contributed by atoms with Crippen LogP contribution in [0.5, 0.6) is 5.75 Å².